The van der Waals surface area contributed by atoms with Gasteiger partial charge in [-0.25, -0.2) is 4.79 Å². The molecule has 0 N–H and O–H groups in total. The highest BCUT2D eigenvalue weighted by Gasteiger charge is 2.24. The van der Waals surface area contributed by atoms with Gasteiger partial charge in [-0.2, -0.15) is 5.26 Å². The van der Waals surface area contributed by atoms with Gasteiger partial charge in [-0.05, 0) is 70.7 Å². The zero-order valence-corrected chi connectivity index (χ0v) is 21.3. The fraction of sp³-hybridized carbons (Fsp3) is 0.296. The number of amides is 1. The number of anilines is 1. The van der Waals surface area contributed by atoms with Crippen molar-refractivity contribution < 1.29 is 19.1 Å². The topological polar surface area (TPSA) is 82.9 Å². The van der Waals surface area contributed by atoms with Crippen molar-refractivity contribution >= 4 is 39.6 Å². The number of ether oxygens (including phenoxy) is 2. The van der Waals surface area contributed by atoms with Gasteiger partial charge < -0.3 is 19.3 Å². The van der Waals surface area contributed by atoms with Crippen LogP contribution in [0, 0.1) is 11.3 Å². The number of carbonyl (C=O) groups is 2. The van der Waals surface area contributed by atoms with Crippen LogP contribution in [0.3, 0.4) is 0 Å². The number of rotatable bonds is 9. The van der Waals surface area contributed by atoms with Crippen LogP contribution in [0.25, 0.3) is 6.08 Å². The van der Waals surface area contributed by atoms with Gasteiger partial charge in [0.1, 0.15) is 17.4 Å². The highest BCUT2D eigenvalue weighted by Crippen LogP contribution is 2.32. The van der Waals surface area contributed by atoms with Gasteiger partial charge in [0.05, 0.1) is 11.1 Å². The largest absolute Gasteiger partial charge is 0.480 e. The van der Waals surface area contributed by atoms with E-state index in [1.165, 1.54) is 0 Å². The Balaban J connectivity index is 1.75. The summed E-state index contributed by atoms with van der Waals surface area (Å²) in [5.41, 5.74) is 2.63. The predicted molar refractivity (Wildman–Crippen MR) is 139 cm³/mol. The lowest BCUT2D eigenvalue weighted by Crippen LogP contribution is -2.49. The molecule has 0 radical (unpaired) electrons. The van der Waals surface area contributed by atoms with Gasteiger partial charge in [-0.1, -0.05) is 24.3 Å². The number of para-hydroxylation sites is 1. The average molecular weight is 538 g/mol. The number of benzene rings is 2. The third-order valence-electron chi connectivity index (χ3n) is 5.50. The first kappa shape index (κ1) is 26.0. The van der Waals surface area contributed by atoms with Gasteiger partial charge >= 0.3 is 5.97 Å². The molecule has 0 atom stereocenters. The van der Waals surface area contributed by atoms with E-state index in [9.17, 15) is 14.9 Å². The van der Waals surface area contributed by atoms with Crippen LogP contribution >= 0.6 is 15.9 Å². The number of hydrogen-bond acceptors (Lipinski definition) is 6. The lowest BCUT2D eigenvalue weighted by atomic mass is 10.0. The number of nitriles is 1. The minimum atomic E-state index is -0.461. The summed E-state index contributed by atoms with van der Waals surface area (Å²) in [6, 6.07) is 15.7. The Morgan fingerprint density at radius 1 is 1.17 bits per heavy atom. The maximum atomic E-state index is 13.1. The minimum absolute atomic E-state index is 0.0646. The molecule has 0 unspecified atom stereocenters. The van der Waals surface area contributed by atoms with Crippen molar-refractivity contribution in [3.05, 3.63) is 76.3 Å². The normalized spacial score (nSPS) is 13.7. The van der Waals surface area contributed by atoms with Gasteiger partial charge in [-0.3, -0.25) is 4.79 Å². The molecular weight excluding hydrogens is 510 g/mol. The van der Waals surface area contributed by atoms with Crippen LogP contribution in [-0.4, -0.2) is 56.2 Å². The Hall–Kier alpha value is -3.57. The van der Waals surface area contributed by atoms with Crippen LogP contribution in [0.2, 0.25) is 0 Å². The summed E-state index contributed by atoms with van der Waals surface area (Å²) in [4.78, 5) is 28.7. The number of allylic oxidation sites excluding steroid dienone is 1. The smallest absolute Gasteiger partial charge is 0.344 e. The molecule has 0 spiro atoms. The first-order chi connectivity index (χ1) is 17.0. The Morgan fingerprint density at radius 2 is 1.89 bits per heavy atom. The molecule has 1 heterocycles. The molecule has 3 rings (SSSR count). The molecule has 0 aromatic heterocycles. The lowest BCUT2D eigenvalue weighted by molar-refractivity contribution is -0.145. The monoisotopic (exact) mass is 537 g/mol. The van der Waals surface area contributed by atoms with Crippen LogP contribution in [-0.2, 0) is 20.7 Å². The van der Waals surface area contributed by atoms with Crippen molar-refractivity contribution in [2.75, 3.05) is 44.3 Å². The van der Waals surface area contributed by atoms with Crippen LogP contribution < -0.4 is 9.64 Å². The molecule has 35 heavy (non-hydrogen) atoms. The third-order valence-corrected chi connectivity index (χ3v) is 6.09. The number of piperazine rings is 1. The second-order valence-corrected chi connectivity index (χ2v) is 8.72. The van der Waals surface area contributed by atoms with Gasteiger partial charge in [0.25, 0.3) is 5.91 Å². The van der Waals surface area contributed by atoms with Crippen molar-refractivity contribution in [1.29, 1.82) is 5.26 Å². The van der Waals surface area contributed by atoms with E-state index >= 15 is 0 Å². The second kappa shape index (κ2) is 12.8. The molecule has 2 aromatic rings. The Kier molecular flexibility index (Phi) is 9.50. The molecule has 0 saturated carbocycles. The van der Waals surface area contributed by atoms with Crippen LogP contribution in [0.4, 0.5) is 5.69 Å². The molecule has 0 bridgehead atoms. The first-order valence-electron chi connectivity index (χ1n) is 11.4. The summed E-state index contributed by atoms with van der Waals surface area (Å²) in [6.07, 6.45) is 3.78. The van der Waals surface area contributed by atoms with Crippen molar-refractivity contribution in [2.24, 2.45) is 0 Å². The first-order valence-corrected chi connectivity index (χ1v) is 12.2. The summed E-state index contributed by atoms with van der Waals surface area (Å²) < 4.78 is 11.2. The predicted octanol–water partition coefficient (Wildman–Crippen LogP) is 4.38. The zero-order chi connectivity index (χ0) is 25.2. The maximum Gasteiger partial charge on any atom is 0.344 e. The van der Waals surface area contributed by atoms with E-state index in [4.69, 9.17) is 9.47 Å². The van der Waals surface area contributed by atoms with E-state index in [0.29, 0.717) is 48.4 Å². The summed E-state index contributed by atoms with van der Waals surface area (Å²) in [7, 11) is 0. The Labute approximate surface area is 214 Å². The van der Waals surface area contributed by atoms with E-state index in [0.717, 1.165) is 11.3 Å². The van der Waals surface area contributed by atoms with E-state index in [1.807, 2.05) is 24.3 Å². The molecular formula is C27H28BrN3O4. The van der Waals surface area contributed by atoms with Gasteiger partial charge in [0.2, 0.25) is 0 Å². The van der Waals surface area contributed by atoms with Crippen molar-refractivity contribution in [1.82, 2.24) is 4.90 Å². The molecule has 182 valence electrons. The molecule has 2 aromatic carbocycles. The van der Waals surface area contributed by atoms with E-state index in [2.05, 4.69) is 45.6 Å². The molecule has 1 amide bonds. The highest BCUT2D eigenvalue weighted by molar-refractivity contribution is 9.10. The zero-order valence-electron chi connectivity index (χ0n) is 19.7. The van der Waals surface area contributed by atoms with E-state index < -0.39 is 5.97 Å². The summed E-state index contributed by atoms with van der Waals surface area (Å²) >= 11 is 3.49. The number of carbonyl (C=O) groups excluding carboxylic acids is 2. The quantitative estimate of drug-likeness (QED) is 0.204. The third kappa shape index (κ3) is 6.96. The second-order valence-electron chi connectivity index (χ2n) is 7.86. The van der Waals surface area contributed by atoms with Crippen molar-refractivity contribution in [3.63, 3.8) is 0 Å². The summed E-state index contributed by atoms with van der Waals surface area (Å²) in [5.74, 6) is -0.251. The number of nitrogens with zero attached hydrogens (tertiary/aromatic N) is 3. The van der Waals surface area contributed by atoms with Crippen molar-refractivity contribution in [3.8, 4) is 11.8 Å². The molecule has 0 aliphatic carbocycles. The van der Waals surface area contributed by atoms with E-state index in [-0.39, 0.29) is 24.7 Å². The fourth-order valence-corrected chi connectivity index (χ4v) is 4.48. The van der Waals surface area contributed by atoms with Crippen LogP contribution in [0.15, 0.2) is 65.2 Å². The molecule has 1 aliphatic heterocycles. The van der Waals surface area contributed by atoms with Gasteiger partial charge in [0, 0.05) is 31.9 Å². The number of hydrogen-bond donors (Lipinski definition) is 0. The SMILES string of the molecule is C=CCc1cc(/C=C(/C#N)C(=O)N2CCN(c3ccccc3)CC2)cc(Br)c1OCC(=O)OCC. The van der Waals surface area contributed by atoms with Crippen molar-refractivity contribution in [2.45, 2.75) is 13.3 Å². The standard InChI is InChI=1S/C27H28BrN3O4/c1-3-8-21-15-20(17-24(28)26(21)35-19-25(32)34-4-2)16-22(18-29)27(33)31-13-11-30(12-14-31)23-9-6-5-7-10-23/h3,5-7,9-10,15-17H,1,4,8,11-14,19H2,2H3/b22-16-. The average Bonchev–Trinajstić information content (AvgIpc) is 2.87. The Bertz CT molecular complexity index is 1130. The van der Waals surface area contributed by atoms with E-state index in [1.54, 1.807) is 30.0 Å². The maximum absolute atomic E-state index is 13.1. The number of halogens is 1. The molecule has 1 aliphatic rings. The minimum Gasteiger partial charge on any atom is -0.480 e. The number of esters is 1. The lowest BCUT2D eigenvalue weighted by Gasteiger charge is -2.36. The molecule has 1 saturated heterocycles. The summed E-state index contributed by atoms with van der Waals surface area (Å²) in [6.45, 7) is 8.06. The molecule has 8 heteroatoms. The molecule has 1 fully saturated rings. The fourth-order valence-electron chi connectivity index (χ4n) is 3.84. The highest BCUT2D eigenvalue weighted by atomic mass is 79.9. The molecule has 7 nitrogen and oxygen atoms in total. The van der Waals surface area contributed by atoms with Gasteiger partial charge in [0.15, 0.2) is 6.61 Å². The Morgan fingerprint density at radius 3 is 2.51 bits per heavy atom. The van der Waals surface area contributed by atoms with Gasteiger partial charge in [-0.15, -0.1) is 6.58 Å². The van der Waals surface area contributed by atoms with Crippen LogP contribution in [0.1, 0.15) is 18.1 Å². The van der Waals surface area contributed by atoms with Crippen LogP contribution in [0.5, 0.6) is 5.75 Å². The summed E-state index contributed by atoms with van der Waals surface area (Å²) in [5, 5.41) is 9.73.